The van der Waals surface area contributed by atoms with Crippen LogP contribution in [0.1, 0.15) is 45.4 Å². The van der Waals surface area contributed by atoms with Crippen LogP contribution in [0, 0.1) is 16.7 Å². The number of piperidine rings is 1. The molecule has 1 saturated carbocycles. The molecule has 0 aromatic rings. The van der Waals surface area contributed by atoms with Crippen LogP contribution in [-0.2, 0) is 0 Å². The predicted molar refractivity (Wildman–Crippen MR) is 65.3 cm³/mol. The van der Waals surface area contributed by atoms with E-state index in [1.807, 2.05) is 11.8 Å². The first-order valence-electron chi connectivity index (χ1n) is 6.60. The Kier molecular flexibility index (Phi) is 3.56. The lowest BCUT2D eigenvalue weighted by Crippen LogP contribution is -2.48. The Balaban J connectivity index is 1.80. The highest BCUT2D eigenvalue weighted by Crippen LogP contribution is 2.29. The summed E-state index contributed by atoms with van der Waals surface area (Å²) < 4.78 is 0. The Bertz CT molecular complexity index is 320. The fraction of sp³-hybridized carbons (Fsp3) is 0.846. The fourth-order valence-electron chi connectivity index (χ4n) is 2.65. The van der Waals surface area contributed by atoms with Crippen LogP contribution in [0.15, 0.2) is 0 Å². The van der Waals surface area contributed by atoms with Crippen molar-refractivity contribution in [3.8, 4) is 6.07 Å². The molecule has 0 spiro atoms. The van der Waals surface area contributed by atoms with Gasteiger partial charge in [-0.1, -0.05) is 12.8 Å². The summed E-state index contributed by atoms with van der Waals surface area (Å²) in [6.07, 6.45) is 6.29. The molecule has 2 fully saturated rings. The molecular formula is C13H21N3O. The third-order valence-electron chi connectivity index (χ3n) is 4.11. The highest BCUT2D eigenvalue weighted by atomic mass is 16.2. The first-order chi connectivity index (χ1) is 8.13. The number of carbonyl (C=O) groups is 1. The molecule has 0 bridgehead atoms. The highest BCUT2D eigenvalue weighted by molar-refractivity contribution is 5.74. The fourth-order valence-corrected chi connectivity index (χ4v) is 2.65. The second-order valence-electron chi connectivity index (χ2n) is 5.59. The molecule has 0 radical (unpaired) electrons. The maximum absolute atomic E-state index is 12.0. The zero-order chi connectivity index (χ0) is 12.3. The smallest absolute Gasteiger partial charge is 0.317 e. The van der Waals surface area contributed by atoms with Crippen molar-refractivity contribution >= 4 is 6.03 Å². The number of hydrogen-bond acceptors (Lipinski definition) is 2. The quantitative estimate of drug-likeness (QED) is 0.758. The van der Waals surface area contributed by atoms with Gasteiger partial charge in [0.15, 0.2) is 0 Å². The summed E-state index contributed by atoms with van der Waals surface area (Å²) in [5.74, 6) is 0. The van der Waals surface area contributed by atoms with E-state index in [1.165, 1.54) is 12.8 Å². The number of urea groups is 1. The van der Waals surface area contributed by atoms with E-state index >= 15 is 0 Å². The van der Waals surface area contributed by atoms with E-state index in [0.29, 0.717) is 19.1 Å². The molecule has 2 amide bonds. The van der Waals surface area contributed by atoms with Gasteiger partial charge in [-0.3, -0.25) is 0 Å². The Morgan fingerprint density at radius 1 is 1.35 bits per heavy atom. The number of carbonyl (C=O) groups excluding carboxylic acids is 1. The van der Waals surface area contributed by atoms with Crippen LogP contribution < -0.4 is 5.32 Å². The lowest BCUT2D eigenvalue weighted by atomic mass is 9.82. The van der Waals surface area contributed by atoms with Crippen LogP contribution >= 0.6 is 0 Å². The first kappa shape index (κ1) is 12.2. The van der Waals surface area contributed by atoms with Crippen molar-refractivity contribution in [2.75, 3.05) is 13.1 Å². The Morgan fingerprint density at radius 3 is 2.47 bits per heavy atom. The SMILES string of the molecule is CC1(C#N)CCN(C(=O)NC2CCCC2)CC1. The topological polar surface area (TPSA) is 56.1 Å². The van der Waals surface area contributed by atoms with E-state index < -0.39 is 0 Å². The number of rotatable bonds is 1. The number of likely N-dealkylation sites (tertiary alicyclic amines) is 1. The number of amides is 2. The van der Waals surface area contributed by atoms with Gasteiger partial charge in [0.25, 0.3) is 0 Å². The van der Waals surface area contributed by atoms with Crippen LogP contribution in [0.2, 0.25) is 0 Å². The summed E-state index contributed by atoms with van der Waals surface area (Å²) in [5, 5.41) is 12.1. The number of nitriles is 1. The summed E-state index contributed by atoms with van der Waals surface area (Å²) in [6.45, 7) is 3.41. The molecule has 1 aliphatic carbocycles. The van der Waals surface area contributed by atoms with Gasteiger partial charge >= 0.3 is 6.03 Å². The first-order valence-corrected chi connectivity index (χ1v) is 6.60. The molecule has 0 aromatic carbocycles. The van der Waals surface area contributed by atoms with Gasteiger partial charge in [0, 0.05) is 19.1 Å². The summed E-state index contributed by atoms with van der Waals surface area (Å²) in [5.41, 5.74) is -0.232. The van der Waals surface area contributed by atoms with E-state index in [1.54, 1.807) is 0 Å². The van der Waals surface area contributed by atoms with E-state index in [-0.39, 0.29) is 11.4 Å². The molecule has 0 unspecified atom stereocenters. The minimum absolute atomic E-state index is 0.0666. The summed E-state index contributed by atoms with van der Waals surface area (Å²) in [4.78, 5) is 13.8. The van der Waals surface area contributed by atoms with Crippen LogP contribution in [-0.4, -0.2) is 30.1 Å². The molecule has 94 valence electrons. The number of hydrogen-bond donors (Lipinski definition) is 1. The van der Waals surface area contributed by atoms with Crippen molar-refractivity contribution in [2.24, 2.45) is 5.41 Å². The van der Waals surface area contributed by atoms with Crippen LogP contribution in [0.3, 0.4) is 0 Å². The van der Waals surface area contributed by atoms with Crippen molar-refractivity contribution in [1.82, 2.24) is 10.2 Å². The highest BCUT2D eigenvalue weighted by Gasteiger charge is 2.32. The molecule has 2 rings (SSSR count). The number of nitrogens with zero attached hydrogens (tertiary/aromatic N) is 2. The van der Waals surface area contributed by atoms with Crippen molar-refractivity contribution in [3.05, 3.63) is 0 Å². The monoisotopic (exact) mass is 235 g/mol. The van der Waals surface area contributed by atoms with Gasteiger partial charge < -0.3 is 10.2 Å². The molecule has 1 saturated heterocycles. The van der Waals surface area contributed by atoms with Gasteiger partial charge in [-0.25, -0.2) is 4.79 Å². The summed E-state index contributed by atoms with van der Waals surface area (Å²) in [6, 6.07) is 2.80. The van der Waals surface area contributed by atoms with Gasteiger partial charge in [0.05, 0.1) is 11.5 Å². The maximum atomic E-state index is 12.0. The summed E-state index contributed by atoms with van der Waals surface area (Å²) in [7, 11) is 0. The Morgan fingerprint density at radius 2 is 1.94 bits per heavy atom. The maximum Gasteiger partial charge on any atom is 0.317 e. The van der Waals surface area contributed by atoms with Crippen molar-refractivity contribution < 1.29 is 4.79 Å². The standard InChI is InChI=1S/C13H21N3O/c1-13(10-14)6-8-16(9-7-13)12(17)15-11-4-2-3-5-11/h11H,2-9H2,1H3,(H,15,17). The van der Waals surface area contributed by atoms with Crippen molar-refractivity contribution in [1.29, 1.82) is 5.26 Å². The predicted octanol–water partition coefficient (Wildman–Crippen LogP) is 2.26. The lowest BCUT2D eigenvalue weighted by Gasteiger charge is -2.35. The van der Waals surface area contributed by atoms with E-state index in [4.69, 9.17) is 5.26 Å². The average Bonchev–Trinajstić information content (AvgIpc) is 2.83. The van der Waals surface area contributed by atoms with Crippen molar-refractivity contribution in [3.63, 3.8) is 0 Å². The molecular weight excluding hydrogens is 214 g/mol. The van der Waals surface area contributed by atoms with Gasteiger partial charge in [-0.15, -0.1) is 0 Å². The van der Waals surface area contributed by atoms with E-state index in [9.17, 15) is 4.79 Å². The van der Waals surface area contributed by atoms with Gasteiger partial charge in [0.1, 0.15) is 0 Å². The Hall–Kier alpha value is -1.24. The van der Waals surface area contributed by atoms with Crippen LogP contribution in [0.5, 0.6) is 0 Å². The largest absolute Gasteiger partial charge is 0.335 e. The minimum Gasteiger partial charge on any atom is -0.335 e. The van der Waals surface area contributed by atoms with E-state index in [2.05, 4.69) is 11.4 Å². The molecule has 1 N–H and O–H groups in total. The average molecular weight is 235 g/mol. The second kappa shape index (κ2) is 4.95. The third-order valence-corrected chi connectivity index (χ3v) is 4.11. The Labute approximate surface area is 103 Å². The molecule has 2 aliphatic rings. The van der Waals surface area contributed by atoms with Crippen molar-refractivity contribution in [2.45, 2.75) is 51.5 Å². The normalized spacial score (nSPS) is 24.4. The molecule has 4 heteroatoms. The molecule has 1 heterocycles. The van der Waals surface area contributed by atoms with Gasteiger partial charge in [0.2, 0.25) is 0 Å². The molecule has 0 aromatic heterocycles. The number of nitrogens with one attached hydrogen (secondary N) is 1. The molecule has 0 atom stereocenters. The zero-order valence-corrected chi connectivity index (χ0v) is 10.5. The van der Waals surface area contributed by atoms with Crippen LogP contribution in [0.4, 0.5) is 4.79 Å². The third kappa shape index (κ3) is 2.91. The summed E-state index contributed by atoms with van der Waals surface area (Å²) >= 11 is 0. The minimum atomic E-state index is -0.232. The molecule has 4 nitrogen and oxygen atoms in total. The van der Waals surface area contributed by atoms with Gasteiger partial charge in [-0.05, 0) is 32.6 Å². The second-order valence-corrected chi connectivity index (χ2v) is 5.59. The van der Waals surface area contributed by atoms with E-state index in [0.717, 1.165) is 25.7 Å². The molecule has 1 aliphatic heterocycles. The van der Waals surface area contributed by atoms with Crippen LogP contribution in [0.25, 0.3) is 0 Å². The molecule has 17 heavy (non-hydrogen) atoms. The zero-order valence-electron chi connectivity index (χ0n) is 10.5. The lowest BCUT2D eigenvalue weighted by molar-refractivity contribution is 0.153. The van der Waals surface area contributed by atoms with Gasteiger partial charge in [-0.2, -0.15) is 5.26 Å².